The first-order chi connectivity index (χ1) is 5.90. The first-order valence-electron chi connectivity index (χ1n) is 4.32. The van der Waals surface area contributed by atoms with E-state index in [2.05, 4.69) is 34.8 Å². The van der Waals surface area contributed by atoms with E-state index >= 15 is 0 Å². The summed E-state index contributed by atoms with van der Waals surface area (Å²) in [5.74, 6) is 0. The number of hydrogen-bond acceptors (Lipinski definition) is 1. The van der Waals surface area contributed by atoms with Gasteiger partial charge in [0.05, 0.1) is 17.4 Å². The zero-order chi connectivity index (χ0) is 8.39. The second-order valence-electron chi connectivity index (χ2n) is 2.97. The number of hydrogen-bond donors (Lipinski definition) is 0. The van der Waals surface area contributed by atoms with Gasteiger partial charge < -0.3 is 4.40 Å². The van der Waals surface area contributed by atoms with E-state index in [0.717, 1.165) is 18.4 Å². The van der Waals surface area contributed by atoms with Gasteiger partial charge in [-0.15, -0.1) is 0 Å². The van der Waals surface area contributed by atoms with Crippen molar-refractivity contribution in [2.45, 2.75) is 19.8 Å². The molecular formula is C10H12N2. The largest absolute Gasteiger partial charge is 0.321 e. The summed E-state index contributed by atoms with van der Waals surface area (Å²) in [5, 5.41) is 0. The molecule has 2 aromatic heterocycles. The van der Waals surface area contributed by atoms with Crippen molar-refractivity contribution in [3.8, 4) is 0 Å². The minimum absolute atomic E-state index is 1.06. The van der Waals surface area contributed by atoms with E-state index in [1.165, 1.54) is 5.69 Å². The summed E-state index contributed by atoms with van der Waals surface area (Å²) in [4.78, 5) is 4.35. The Morgan fingerprint density at radius 1 is 1.50 bits per heavy atom. The van der Waals surface area contributed by atoms with Gasteiger partial charge in [-0.25, -0.2) is 0 Å². The smallest absolute Gasteiger partial charge is 0.0634 e. The Hall–Kier alpha value is -1.31. The highest BCUT2D eigenvalue weighted by atomic mass is 14.9. The lowest BCUT2D eigenvalue weighted by atomic mass is 10.3. The minimum Gasteiger partial charge on any atom is -0.321 e. The fourth-order valence-electron chi connectivity index (χ4n) is 1.36. The summed E-state index contributed by atoms with van der Waals surface area (Å²) >= 11 is 0. The molecule has 0 saturated heterocycles. The first kappa shape index (κ1) is 7.35. The van der Waals surface area contributed by atoms with E-state index in [0.29, 0.717) is 0 Å². The fraction of sp³-hybridized carbons (Fsp3) is 0.300. The first-order valence-corrected chi connectivity index (χ1v) is 4.32. The van der Waals surface area contributed by atoms with E-state index < -0.39 is 0 Å². The van der Waals surface area contributed by atoms with Gasteiger partial charge in [0, 0.05) is 12.4 Å². The summed E-state index contributed by atoms with van der Waals surface area (Å²) < 4.78 is 2.11. The Labute approximate surface area is 71.9 Å². The molecule has 0 aliphatic carbocycles. The van der Waals surface area contributed by atoms with Crippen molar-refractivity contribution in [2.24, 2.45) is 0 Å². The highest BCUT2D eigenvalue weighted by Gasteiger charge is 1.94. The van der Waals surface area contributed by atoms with E-state index in [-0.39, 0.29) is 0 Å². The van der Waals surface area contributed by atoms with Crippen LogP contribution in [0.5, 0.6) is 0 Å². The molecule has 12 heavy (non-hydrogen) atoms. The van der Waals surface area contributed by atoms with Crippen LogP contribution in [0, 0.1) is 0 Å². The quantitative estimate of drug-likeness (QED) is 0.658. The van der Waals surface area contributed by atoms with Gasteiger partial charge in [-0.2, -0.15) is 0 Å². The molecule has 0 bridgehead atoms. The van der Waals surface area contributed by atoms with E-state index in [9.17, 15) is 0 Å². The maximum absolute atomic E-state index is 4.35. The van der Waals surface area contributed by atoms with Gasteiger partial charge in [0.25, 0.3) is 0 Å². The van der Waals surface area contributed by atoms with Crippen LogP contribution < -0.4 is 0 Å². The number of fused-ring (bicyclic) bond motifs is 1. The molecule has 0 saturated carbocycles. The third-order valence-electron chi connectivity index (χ3n) is 1.97. The Balaban J connectivity index is 2.46. The van der Waals surface area contributed by atoms with Crippen LogP contribution in [0.25, 0.3) is 5.52 Å². The molecule has 0 amide bonds. The lowest BCUT2D eigenvalue weighted by Crippen LogP contribution is -1.92. The van der Waals surface area contributed by atoms with Crippen molar-refractivity contribution in [1.82, 2.24) is 9.38 Å². The molecule has 0 N–H and O–H groups in total. The third kappa shape index (κ3) is 1.20. The summed E-state index contributed by atoms with van der Waals surface area (Å²) in [6, 6.07) is 4.09. The van der Waals surface area contributed by atoms with E-state index in [1.807, 2.05) is 12.3 Å². The molecule has 0 unspecified atom stereocenters. The van der Waals surface area contributed by atoms with Gasteiger partial charge in [-0.3, -0.25) is 4.98 Å². The van der Waals surface area contributed by atoms with Gasteiger partial charge in [0.15, 0.2) is 0 Å². The van der Waals surface area contributed by atoms with Crippen LogP contribution in [-0.4, -0.2) is 9.38 Å². The molecule has 0 aromatic carbocycles. The normalized spacial score (nSPS) is 10.8. The van der Waals surface area contributed by atoms with Crippen LogP contribution in [0.1, 0.15) is 19.0 Å². The van der Waals surface area contributed by atoms with E-state index in [1.54, 1.807) is 0 Å². The average Bonchev–Trinajstić information content (AvgIpc) is 2.51. The fourth-order valence-corrected chi connectivity index (χ4v) is 1.36. The molecule has 62 valence electrons. The van der Waals surface area contributed by atoms with Crippen molar-refractivity contribution in [1.29, 1.82) is 0 Å². The SMILES string of the molecule is CCCc1cn2cccc2cn1. The Morgan fingerprint density at radius 2 is 2.42 bits per heavy atom. The maximum atomic E-state index is 4.35. The highest BCUT2D eigenvalue weighted by molar-refractivity contribution is 5.44. The number of aryl methyl sites for hydroxylation is 1. The molecule has 0 radical (unpaired) electrons. The average molecular weight is 160 g/mol. The summed E-state index contributed by atoms with van der Waals surface area (Å²) in [5.41, 5.74) is 2.33. The minimum atomic E-state index is 1.06. The topological polar surface area (TPSA) is 17.3 Å². The molecule has 2 rings (SSSR count). The standard InChI is InChI=1S/C10H12N2/c1-2-4-9-8-12-6-3-5-10(12)7-11-9/h3,5-8H,2,4H2,1H3. The van der Waals surface area contributed by atoms with Gasteiger partial charge in [0.1, 0.15) is 0 Å². The predicted molar refractivity (Wildman–Crippen MR) is 49.2 cm³/mol. The van der Waals surface area contributed by atoms with Crippen molar-refractivity contribution in [3.63, 3.8) is 0 Å². The summed E-state index contributed by atoms with van der Waals surface area (Å²) in [7, 11) is 0. The lowest BCUT2D eigenvalue weighted by molar-refractivity contribution is 0.867. The number of rotatable bonds is 2. The number of nitrogens with zero attached hydrogens (tertiary/aromatic N) is 2. The molecule has 2 aromatic rings. The molecule has 2 heterocycles. The van der Waals surface area contributed by atoms with Crippen LogP contribution in [0.4, 0.5) is 0 Å². The molecule has 2 heteroatoms. The van der Waals surface area contributed by atoms with E-state index in [4.69, 9.17) is 0 Å². The molecule has 2 nitrogen and oxygen atoms in total. The molecule has 0 fully saturated rings. The Morgan fingerprint density at radius 3 is 3.25 bits per heavy atom. The molecule has 0 aliphatic heterocycles. The van der Waals surface area contributed by atoms with Crippen molar-refractivity contribution < 1.29 is 0 Å². The molecule has 0 spiro atoms. The van der Waals surface area contributed by atoms with Crippen LogP contribution in [0.3, 0.4) is 0 Å². The predicted octanol–water partition coefficient (Wildman–Crippen LogP) is 2.29. The van der Waals surface area contributed by atoms with Crippen LogP contribution in [-0.2, 0) is 6.42 Å². The maximum Gasteiger partial charge on any atom is 0.0634 e. The second-order valence-corrected chi connectivity index (χ2v) is 2.97. The molecule has 0 atom stereocenters. The molecular weight excluding hydrogens is 148 g/mol. The van der Waals surface area contributed by atoms with Gasteiger partial charge in [0.2, 0.25) is 0 Å². The summed E-state index contributed by atoms with van der Waals surface area (Å²) in [6.45, 7) is 2.17. The van der Waals surface area contributed by atoms with Crippen molar-refractivity contribution in [3.05, 3.63) is 36.4 Å². The Kier molecular flexibility index (Phi) is 1.82. The van der Waals surface area contributed by atoms with Crippen molar-refractivity contribution in [2.75, 3.05) is 0 Å². The zero-order valence-electron chi connectivity index (χ0n) is 7.20. The van der Waals surface area contributed by atoms with Crippen LogP contribution in [0.15, 0.2) is 30.7 Å². The zero-order valence-corrected chi connectivity index (χ0v) is 7.20. The van der Waals surface area contributed by atoms with Gasteiger partial charge in [-0.1, -0.05) is 13.3 Å². The van der Waals surface area contributed by atoms with Crippen molar-refractivity contribution >= 4 is 5.52 Å². The molecule has 0 aliphatic rings. The number of aromatic nitrogens is 2. The van der Waals surface area contributed by atoms with Gasteiger partial charge >= 0.3 is 0 Å². The second kappa shape index (κ2) is 2.97. The lowest BCUT2D eigenvalue weighted by Gasteiger charge is -1.98. The monoisotopic (exact) mass is 160 g/mol. The third-order valence-corrected chi connectivity index (χ3v) is 1.97. The van der Waals surface area contributed by atoms with Gasteiger partial charge in [-0.05, 0) is 18.6 Å². The summed E-state index contributed by atoms with van der Waals surface area (Å²) in [6.07, 6.45) is 8.29. The highest BCUT2D eigenvalue weighted by Crippen LogP contribution is 2.05. The Bertz CT molecular complexity index is 376. The van der Waals surface area contributed by atoms with Crippen LogP contribution in [0.2, 0.25) is 0 Å². The van der Waals surface area contributed by atoms with Crippen LogP contribution >= 0.6 is 0 Å².